The Morgan fingerprint density at radius 2 is 2.20 bits per heavy atom. The molecule has 0 aromatic heterocycles. The molecule has 4 heteroatoms. The van der Waals surface area contributed by atoms with Crippen molar-refractivity contribution in [1.29, 1.82) is 0 Å². The van der Waals surface area contributed by atoms with Crippen LogP contribution in [0, 0.1) is 0 Å². The molecular formula is C6H11BrFNO. The summed E-state index contributed by atoms with van der Waals surface area (Å²) in [7, 11) is 3.23. The van der Waals surface area contributed by atoms with E-state index in [1.165, 1.54) is 4.90 Å². The third kappa shape index (κ3) is 3.82. The van der Waals surface area contributed by atoms with Crippen LogP contribution in [0.4, 0.5) is 4.39 Å². The third-order valence-corrected chi connectivity index (χ3v) is 1.76. The van der Waals surface area contributed by atoms with Gasteiger partial charge in [-0.15, -0.1) is 0 Å². The highest BCUT2D eigenvalue weighted by molar-refractivity contribution is 9.09. The molecule has 0 aliphatic rings. The standard InChI is InChI=1S/C6H11BrFNO/c1-9(2)6(10)3-5(8)4-7/h5H,3-4H2,1-2H3/t5-/m0/s1. The lowest BCUT2D eigenvalue weighted by Gasteiger charge is -2.10. The van der Waals surface area contributed by atoms with Crippen LogP contribution in [0.2, 0.25) is 0 Å². The zero-order chi connectivity index (χ0) is 8.15. The van der Waals surface area contributed by atoms with Gasteiger partial charge in [0.2, 0.25) is 5.91 Å². The van der Waals surface area contributed by atoms with Gasteiger partial charge < -0.3 is 4.90 Å². The summed E-state index contributed by atoms with van der Waals surface area (Å²) in [4.78, 5) is 12.2. The summed E-state index contributed by atoms with van der Waals surface area (Å²) in [6.07, 6.45) is -1.09. The Kier molecular flexibility index (Phi) is 4.60. The van der Waals surface area contributed by atoms with Crippen molar-refractivity contribution < 1.29 is 9.18 Å². The quantitative estimate of drug-likeness (QED) is 0.643. The number of carbonyl (C=O) groups excluding carboxylic acids is 1. The molecule has 2 nitrogen and oxygen atoms in total. The van der Waals surface area contributed by atoms with E-state index in [2.05, 4.69) is 15.9 Å². The molecule has 0 rings (SSSR count). The molecule has 0 heterocycles. The fourth-order valence-corrected chi connectivity index (χ4v) is 0.656. The number of halogens is 2. The predicted octanol–water partition coefficient (Wildman–Crippen LogP) is 1.20. The molecule has 1 amide bonds. The number of nitrogens with zero attached hydrogens (tertiary/aromatic N) is 1. The topological polar surface area (TPSA) is 20.3 Å². The molecule has 0 aliphatic carbocycles. The maximum atomic E-state index is 12.4. The van der Waals surface area contributed by atoms with Crippen molar-refractivity contribution in [2.45, 2.75) is 12.6 Å². The summed E-state index contributed by atoms with van der Waals surface area (Å²) in [5.74, 6) is -0.174. The van der Waals surface area contributed by atoms with E-state index in [4.69, 9.17) is 0 Å². The smallest absolute Gasteiger partial charge is 0.225 e. The Labute approximate surface area is 68.5 Å². The fourth-order valence-electron chi connectivity index (χ4n) is 0.427. The lowest BCUT2D eigenvalue weighted by atomic mass is 10.3. The molecule has 0 fully saturated rings. The normalized spacial score (nSPS) is 12.8. The summed E-state index contributed by atoms with van der Waals surface area (Å²) in [6, 6.07) is 0. The molecule has 10 heavy (non-hydrogen) atoms. The molecule has 0 unspecified atom stereocenters. The summed E-state index contributed by atoms with van der Waals surface area (Å²) in [5, 5.41) is 0.229. The number of carbonyl (C=O) groups is 1. The van der Waals surface area contributed by atoms with E-state index in [0.717, 1.165) is 0 Å². The Bertz CT molecular complexity index is 118. The number of rotatable bonds is 3. The first-order chi connectivity index (χ1) is 4.57. The van der Waals surface area contributed by atoms with Gasteiger partial charge in [-0.3, -0.25) is 4.79 Å². The minimum Gasteiger partial charge on any atom is -0.349 e. The molecule has 0 aromatic carbocycles. The van der Waals surface area contributed by atoms with E-state index in [1.807, 2.05) is 0 Å². The van der Waals surface area contributed by atoms with E-state index in [9.17, 15) is 9.18 Å². The Morgan fingerprint density at radius 3 is 2.50 bits per heavy atom. The van der Waals surface area contributed by atoms with Crippen molar-refractivity contribution in [2.24, 2.45) is 0 Å². The van der Waals surface area contributed by atoms with Gasteiger partial charge in [0.1, 0.15) is 6.17 Å². The van der Waals surface area contributed by atoms with Crippen molar-refractivity contribution >= 4 is 21.8 Å². The number of amides is 1. The van der Waals surface area contributed by atoms with Crippen molar-refractivity contribution in [3.63, 3.8) is 0 Å². The number of hydrogen-bond donors (Lipinski definition) is 0. The van der Waals surface area contributed by atoms with Gasteiger partial charge in [-0.05, 0) is 0 Å². The van der Waals surface area contributed by atoms with Crippen LogP contribution in [0.3, 0.4) is 0 Å². The Hall–Kier alpha value is -0.120. The van der Waals surface area contributed by atoms with Crippen LogP contribution in [0.15, 0.2) is 0 Å². The molecule has 0 saturated heterocycles. The Balaban J connectivity index is 3.57. The largest absolute Gasteiger partial charge is 0.349 e. The van der Waals surface area contributed by atoms with Crippen molar-refractivity contribution in [3.05, 3.63) is 0 Å². The van der Waals surface area contributed by atoms with Gasteiger partial charge in [-0.1, -0.05) is 15.9 Å². The van der Waals surface area contributed by atoms with Crippen LogP contribution in [0.1, 0.15) is 6.42 Å². The monoisotopic (exact) mass is 211 g/mol. The predicted molar refractivity (Wildman–Crippen MR) is 42.0 cm³/mol. The highest BCUT2D eigenvalue weighted by Crippen LogP contribution is 2.03. The summed E-state index contributed by atoms with van der Waals surface area (Å²) in [6.45, 7) is 0. The summed E-state index contributed by atoms with van der Waals surface area (Å²) in [5.41, 5.74) is 0. The first-order valence-corrected chi connectivity index (χ1v) is 4.10. The molecule has 0 aromatic rings. The first kappa shape index (κ1) is 9.88. The van der Waals surface area contributed by atoms with E-state index in [-0.39, 0.29) is 17.7 Å². The molecule has 0 N–H and O–H groups in total. The van der Waals surface area contributed by atoms with Crippen molar-refractivity contribution in [2.75, 3.05) is 19.4 Å². The molecule has 0 spiro atoms. The second-order valence-electron chi connectivity index (χ2n) is 2.24. The first-order valence-electron chi connectivity index (χ1n) is 2.98. The van der Waals surface area contributed by atoms with E-state index in [0.29, 0.717) is 0 Å². The molecule has 0 aliphatic heterocycles. The third-order valence-electron chi connectivity index (χ3n) is 1.06. The molecule has 60 valence electrons. The minimum absolute atomic E-state index is 0.0295. The molecule has 0 saturated carbocycles. The second-order valence-corrected chi connectivity index (χ2v) is 2.89. The fraction of sp³-hybridized carbons (Fsp3) is 0.833. The van der Waals surface area contributed by atoms with Gasteiger partial charge >= 0.3 is 0 Å². The zero-order valence-corrected chi connectivity index (χ0v) is 7.69. The highest BCUT2D eigenvalue weighted by atomic mass is 79.9. The van der Waals surface area contributed by atoms with Gasteiger partial charge in [0, 0.05) is 19.4 Å². The Morgan fingerprint density at radius 1 is 1.70 bits per heavy atom. The van der Waals surface area contributed by atoms with E-state index < -0.39 is 6.17 Å². The van der Waals surface area contributed by atoms with Gasteiger partial charge in [0.05, 0.1) is 6.42 Å². The van der Waals surface area contributed by atoms with Crippen LogP contribution < -0.4 is 0 Å². The van der Waals surface area contributed by atoms with Crippen LogP contribution in [0.5, 0.6) is 0 Å². The average molecular weight is 212 g/mol. The van der Waals surface area contributed by atoms with Crippen molar-refractivity contribution in [1.82, 2.24) is 4.90 Å². The zero-order valence-electron chi connectivity index (χ0n) is 6.10. The number of alkyl halides is 2. The second kappa shape index (κ2) is 4.66. The number of hydrogen-bond acceptors (Lipinski definition) is 1. The maximum absolute atomic E-state index is 12.4. The molecule has 0 radical (unpaired) electrons. The van der Waals surface area contributed by atoms with Crippen LogP contribution in [-0.2, 0) is 4.79 Å². The summed E-state index contributed by atoms with van der Waals surface area (Å²) < 4.78 is 12.4. The molecular weight excluding hydrogens is 201 g/mol. The summed E-state index contributed by atoms with van der Waals surface area (Å²) >= 11 is 2.95. The highest BCUT2D eigenvalue weighted by Gasteiger charge is 2.11. The average Bonchev–Trinajstić information content (AvgIpc) is 1.87. The van der Waals surface area contributed by atoms with E-state index >= 15 is 0 Å². The van der Waals surface area contributed by atoms with Gasteiger partial charge in [0.15, 0.2) is 0 Å². The van der Waals surface area contributed by atoms with Crippen LogP contribution in [-0.4, -0.2) is 36.4 Å². The van der Waals surface area contributed by atoms with Crippen LogP contribution >= 0.6 is 15.9 Å². The van der Waals surface area contributed by atoms with Gasteiger partial charge in [-0.25, -0.2) is 4.39 Å². The lowest BCUT2D eigenvalue weighted by Crippen LogP contribution is -2.25. The minimum atomic E-state index is -1.06. The van der Waals surface area contributed by atoms with Crippen LogP contribution in [0.25, 0.3) is 0 Å². The lowest BCUT2D eigenvalue weighted by molar-refractivity contribution is -0.129. The SMILES string of the molecule is CN(C)C(=O)C[C@H](F)CBr. The van der Waals surface area contributed by atoms with Crippen molar-refractivity contribution in [3.8, 4) is 0 Å². The van der Waals surface area contributed by atoms with Gasteiger partial charge in [0.25, 0.3) is 0 Å². The van der Waals surface area contributed by atoms with Gasteiger partial charge in [-0.2, -0.15) is 0 Å². The molecule has 1 atom stereocenters. The van der Waals surface area contributed by atoms with E-state index in [1.54, 1.807) is 14.1 Å². The maximum Gasteiger partial charge on any atom is 0.225 e. The molecule has 0 bridgehead atoms.